The number of nitrogens with one attached hydrogen (secondary N) is 1. The number of sulfonamides is 1. The first-order valence-corrected chi connectivity index (χ1v) is 9.10. The van der Waals surface area contributed by atoms with Gasteiger partial charge in [-0.2, -0.15) is 9.61 Å². The van der Waals surface area contributed by atoms with Gasteiger partial charge >= 0.3 is 0 Å². The maximum atomic E-state index is 12.5. The van der Waals surface area contributed by atoms with E-state index in [4.69, 9.17) is 0 Å². The molecule has 2 aromatic heterocycles. The van der Waals surface area contributed by atoms with Gasteiger partial charge in [-0.25, -0.2) is 13.4 Å². The largest absolute Gasteiger partial charge is 0.263 e. The summed E-state index contributed by atoms with van der Waals surface area (Å²) < 4.78 is 29.1. The predicted molar refractivity (Wildman–Crippen MR) is 95.7 cm³/mol. The highest BCUT2D eigenvalue weighted by Gasteiger charge is 2.16. The molecule has 0 saturated heterocycles. The molecule has 0 saturated carbocycles. The van der Waals surface area contributed by atoms with Crippen molar-refractivity contribution < 1.29 is 8.42 Å². The maximum absolute atomic E-state index is 12.5. The number of nitrogens with zero attached hydrogens (tertiary/aromatic N) is 3. The minimum absolute atomic E-state index is 0.184. The van der Waals surface area contributed by atoms with Crippen LogP contribution in [0.1, 0.15) is 0 Å². The predicted octanol–water partition coefficient (Wildman–Crippen LogP) is 3.20. The molecule has 0 unspecified atom stereocenters. The summed E-state index contributed by atoms with van der Waals surface area (Å²) in [4.78, 5) is 4.39. The molecule has 2 aromatic carbocycles. The van der Waals surface area contributed by atoms with E-state index in [0.717, 1.165) is 11.3 Å². The minimum atomic E-state index is -3.70. The topological polar surface area (TPSA) is 76.4 Å². The molecule has 0 aliphatic carbocycles. The Morgan fingerprint density at radius 2 is 1.52 bits per heavy atom. The zero-order chi connectivity index (χ0) is 17.3. The van der Waals surface area contributed by atoms with Gasteiger partial charge in [-0.15, -0.1) is 0 Å². The highest BCUT2D eigenvalue weighted by Crippen LogP contribution is 2.20. The number of aromatic nitrogens is 3. The summed E-state index contributed by atoms with van der Waals surface area (Å²) in [5.74, 6) is 0.289. The SMILES string of the molecule is O=S(=O)(Nc1cnc2ccc(-c3ccccc3)nn12)c1ccccc1. The summed E-state index contributed by atoms with van der Waals surface area (Å²) in [6.07, 6.45) is 1.46. The molecule has 4 rings (SSSR count). The van der Waals surface area contributed by atoms with Crippen molar-refractivity contribution in [3.63, 3.8) is 0 Å². The molecule has 124 valence electrons. The van der Waals surface area contributed by atoms with Crippen LogP contribution in [0.5, 0.6) is 0 Å². The molecule has 4 aromatic rings. The van der Waals surface area contributed by atoms with Gasteiger partial charge < -0.3 is 0 Å². The molecule has 25 heavy (non-hydrogen) atoms. The van der Waals surface area contributed by atoms with Crippen molar-refractivity contribution >= 4 is 21.5 Å². The molecule has 0 amide bonds. The van der Waals surface area contributed by atoms with Crippen LogP contribution in [0.15, 0.2) is 83.9 Å². The van der Waals surface area contributed by atoms with Crippen molar-refractivity contribution in [3.05, 3.63) is 79.0 Å². The lowest BCUT2D eigenvalue weighted by atomic mass is 10.1. The van der Waals surface area contributed by atoms with Gasteiger partial charge in [0.05, 0.1) is 16.8 Å². The van der Waals surface area contributed by atoms with Crippen LogP contribution in [0.2, 0.25) is 0 Å². The Hall–Kier alpha value is -3.19. The van der Waals surface area contributed by atoms with Gasteiger partial charge in [0, 0.05) is 5.56 Å². The van der Waals surface area contributed by atoms with E-state index in [1.165, 1.54) is 22.8 Å². The number of fused-ring (bicyclic) bond motifs is 1. The van der Waals surface area contributed by atoms with E-state index in [1.54, 1.807) is 24.3 Å². The zero-order valence-corrected chi connectivity index (χ0v) is 13.9. The number of hydrogen-bond acceptors (Lipinski definition) is 4. The van der Waals surface area contributed by atoms with Crippen molar-refractivity contribution in [1.29, 1.82) is 0 Å². The second-order valence-electron chi connectivity index (χ2n) is 5.42. The lowest BCUT2D eigenvalue weighted by molar-refractivity contribution is 0.601. The Labute approximate surface area is 144 Å². The molecule has 0 bridgehead atoms. The number of anilines is 1. The molecule has 1 N–H and O–H groups in total. The summed E-state index contributed by atoms with van der Waals surface area (Å²) in [5.41, 5.74) is 2.23. The highest BCUT2D eigenvalue weighted by atomic mass is 32.2. The summed E-state index contributed by atoms with van der Waals surface area (Å²) in [5, 5.41) is 4.51. The van der Waals surface area contributed by atoms with Crippen LogP contribution in [0.25, 0.3) is 16.9 Å². The molecule has 0 atom stereocenters. The average molecular weight is 350 g/mol. The zero-order valence-electron chi connectivity index (χ0n) is 13.1. The number of rotatable bonds is 4. The smallest absolute Gasteiger partial charge is 0.262 e. The van der Waals surface area contributed by atoms with E-state index in [2.05, 4.69) is 14.8 Å². The van der Waals surface area contributed by atoms with Crippen molar-refractivity contribution in [2.24, 2.45) is 0 Å². The third-order valence-corrected chi connectivity index (χ3v) is 5.09. The van der Waals surface area contributed by atoms with Crippen molar-refractivity contribution in [3.8, 4) is 11.3 Å². The van der Waals surface area contributed by atoms with Gasteiger partial charge in [0.2, 0.25) is 0 Å². The number of imidazole rings is 1. The molecule has 7 heteroatoms. The van der Waals surface area contributed by atoms with Gasteiger partial charge in [-0.05, 0) is 24.3 Å². The molecule has 0 radical (unpaired) electrons. The fourth-order valence-corrected chi connectivity index (χ4v) is 3.55. The Balaban J connectivity index is 1.76. The van der Waals surface area contributed by atoms with Crippen molar-refractivity contribution in [2.45, 2.75) is 4.90 Å². The summed E-state index contributed by atoms with van der Waals surface area (Å²) >= 11 is 0. The van der Waals surface area contributed by atoms with E-state index in [-0.39, 0.29) is 10.7 Å². The molecular formula is C18H14N4O2S. The maximum Gasteiger partial charge on any atom is 0.263 e. The lowest BCUT2D eigenvalue weighted by Gasteiger charge is -2.08. The first kappa shape index (κ1) is 15.3. The second kappa shape index (κ2) is 6.03. The number of benzene rings is 2. The molecule has 0 fully saturated rings. The first-order valence-electron chi connectivity index (χ1n) is 7.61. The van der Waals surface area contributed by atoms with E-state index >= 15 is 0 Å². The van der Waals surface area contributed by atoms with E-state index in [9.17, 15) is 8.42 Å². The molecular weight excluding hydrogens is 336 g/mol. The van der Waals surface area contributed by atoms with Crippen LogP contribution in [0.4, 0.5) is 5.82 Å². The molecule has 2 heterocycles. The summed E-state index contributed by atoms with van der Waals surface area (Å²) in [7, 11) is -3.70. The van der Waals surface area contributed by atoms with Crippen LogP contribution < -0.4 is 4.72 Å². The van der Waals surface area contributed by atoms with Gasteiger partial charge in [0.15, 0.2) is 11.5 Å². The average Bonchev–Trinajstić information content (AvgIpc) is 3.05. The number of hydrogen-bond donors (Lipinski definition) is 1. The van der Waals surface area contributed by atoms with Crippen molar-refractivity contribution in [2.75, 3.05) is 4.72 Å². The molecule has 0 spiro atoms. The van der Waals surface area contributed by atoms with Crippen molar-refractivity contribution in [1.82, 2.24) is 14.6 Å². The van der Waals surface area contributed by atoms with Crippen LogP contribution in [-0.4, -0.2) is 23.0 Å². The van der Waals surface area contributed by atoms with E-state index in [0.29, 0.717) is 5.65 Å². The summed E-state index contributed by atoms with van der Waals surface area (Å²) in [6, 6.07) is 21.5. The third kappa shape index (κ3) is 2.97. The standard InChI is InChI=1S/C18H14N4O2S/c23-25(24,15-9-5-2-6-10-15)21-18-13-19-17-12-11-16(20-22(17)18)14-7-3-1-4-8-14/h1-13,21H. The Morgan fingerprint density at radius 3 is 2.24 bits per heavy atom. The Bertz CT molecular complexity index is 1120. The quantitative estimate of drug-likeness (QED) is 0.613. The molecule has 0 aliphatic rings. The molecule has 0 aliphatic heterocycles. The van der Waals surface area contributed by atoms with Gasteiger partial charge in [0.1, 0.15) is 0 Å². The fraction of sp³-hybridized carbons (Fsp3) is 0. The van der Waals surface area contributed by atoms with Crippen LogP contribution in [0, 0.1) is 0 Å². The van der Waals surface area contributed by atoms with Gasteiger partial charge in [-0.3, -0.25) is 4.72 Å². The summed E-state index contributed by atoms with van der Waals surface area (Å²) in [6.45, 7) is 0. The first-order chi connectivity index (χ1) is 12.1. The minimum Gasteiger partial charge on any atom is -0.262 e. The lowest BCUT2D eigenvalue weighted by Crippen LogP contribution is -2.14. The van der Waals surface area contributed by atoms with E-state index in [1.807, 2.05) is 36.4 Å². The second-order valence-corrected chi connectivity index (χ2v) is 7.10. The normalized spacial score (nSPS) is 11.5. The van der Waals surface area contributed by atoms with Crippen LogP contribution in [0.3, 0.4) is 0 Å². The Morgan fingerprint density at radius 1 is 0.840 bits per heavy atom. The van der Waals surface area contributed by atoms with E-state index < -0.39 is 10.0 Å². The Kier molecular flexibility index (Phi) is 3.70. The third-order valence-electron chi connectivity index (χ3n) is 3.72. The van der Waals surface area contributed by atoms with Crippen LogP contribution in [-0.2, 0) is 10.0 Å². The highest BCUT2D eigenvalue weighted by molar-refractivity contribution is 7.92. The van der Waals surface area contributed by atoms with Gasteiger partial charge in [0.25, 0.3) is 10.0 Å². The van der Waals surface area contributed by atoms with Crippen LogP contribution >= 0.6 is 0 Å². The fourth-order valence-electron chi connectivity index (χ4n) is 2.50. The molecule has 6 nitrogen and oxygen atoms in total. The van der Waals surface area contributed by atoms with Gasteiger partial charge in [-0.1, -0.05) is 48.5 Å². The monoisotopic (exact) mass is 350 g/mol.